The molecule has 3 rings (SSSR count). The van der Waals surface area contributed by atoms with E-state index in [0.29, 0.717) is 17.0 Å². The Hall–Kier alpha value is -3.46. The number of carbonyl (C=O) groups is 2. The number of hydrazone groups is 1. The Balaban J connectivity index is 1.65. The van der Waals surface area contributed by atoms with Gasteiger partial charge in [0.2, 0.25) is 5.91 Å². The maximum Gasteiger partial charge on any atom is 0.277 e. The van der Waals surface area contributed by atoms with Gasteiger partial charge in [-0.1, -0.05) is 46.3 Å². The third-order valence-corrected chi connectivity index (χ3v) is 4.26. The predicted octanol–water partition coefficient (Wildman–Crippen LogP) is 2.33. The zero-order valence-corrected chi connectivity index (χ0v) is 16.9. The Morgan fingerprint density at radius 2 is 1.90 bits per heavy atom. The molecule has 0 unspecified atom stereocenters. The molecule has 0 radical (unpaired) electrons. The van der Waals surface area contributed by atoms with Gasteiger partial charge < -0.3 is 10.5 Å². The van der Waals surface area contributed by atoms with Gasteiger partial charge in [0, 0.05) is 21.8 Å². The van der Waals surface area contributed by atoms with Gasteiger partial charge >= 0.3 is 0 Å². The van der Waals surface area contributed by atoms with Crippen LogP contribution in [0.2, 0.25) is 0 Å². The fourth-order valence-electron chi connectivity index (χ4n) is 2.48. The number of nitrogens with zero attached hydrogens (tertiary/aromatic N) is 3. The number of aromatic nitrogens is 2. The van der Waals surface area contributed by atoms with Crippen molar-refractivity contribution in [2.75, 3.05) is 6.61 Å². The van der Waals surface area contributed by atoms with Gasteiger partial charge in [-0.05, 0) is 24.3 Å². The molecule has 1 aromatic heterocycles. The Kier molecular flexibility index (Phi) is 6.75. The average Bonchev–Trinajstić information content (AvgIpc) is 3.10. The number of benzene rings is 2. The molecule has 29 heavy (non-hydrogen) atoms. The van der Waals surface area contributed by atoms with E-state index in [1.807, 2.05) is 42.5 Å². The second-order valence-corrected chi connectivity index (χ2v) is 6.91. The monoisotopic (exact) mass is 455 g/mol. The van der Waals surface area contributed by atoms with Crippen LogP contribution < -0.4 is 15.9 Å². The first-order chi connectivity index (χ1) is 14.0. The van der Waals surface area contributed by atoms with Gasteiger partial charge in [0.1, 0.15) is 18.0 Å². The lowest BCUT2D eigenvalue weighted by Crippen LogP contribution is -2.24. The van der Waals surface area contributed by atoms with Crippen LogP contribution in [0.25, 0.3) is 11.3 Å². The molecule has 0 fully saturated rings. The van der Waals surface area contributed by atoms with Gasteiger partial charge in [0.25, 0.3) is 5.91 Å². The van der Waals surface area contributed by atoms with Crippen molar-refractivity contribution in [3.05, 3.63) is 70.8 Å². The normalized spacial score (nSPS) is 10.8. The molecule has 0 bridgehead atoms. The summed E-state index contributed by atoms with van der Waals surface area (Å²) in [5.74, 6) is -0.338. The first-order valence-electron chi connectivity index (χ1n) is 8.63. The molecule has 0 saturated carbocycles. The Morgan fingerprint density at radius 3 is 2.59 bits per heavy atom. The number of rotatable bonds is 8. The van der Waals surface area contributed by atoms with Crippen LogP contribution in [0.3, 0.4) is 0 Å². The van der Waals surface area contributed by atoms with Crippen LogP contribution in [0.5, 0.6) is 5.75 Å². The first-order valence-corrected chi connectivity index (χ1v) is 9.42. The van der Waals surface area contributed by atoms with E-state index < -0.39 is 11.8 Å². The lowest BCUT2D eigenvalue weighted by Gasteiger charge is -2.04. The fourth-order valence-corrected chi connectivity index (χ4v) is 2.74. The van der Waals surface area contributed by atoms with Gasteiger partial charge in [0.15, 0.2) is 6.61 Å². The van der Waals surface area contributed by atoms with Crippen molar-refractivity contribution in [3.8, 4) is 17.0 Å². The number of carbonyl (C=O) groups excluding carboxylic acids is 2. The molecule has 0 aliphatic carbocycles. The molecular formula is C20H18BrN5O3. The van der Waals surface area contributed by atoms with Crippen LogP contribution in [-0.4, -0.2) is 34.4 Å². The number of amides is 2. The smallest absolute Gasteiger partial charge is 0.277 e. The van der Waals surface area contributed by atoms with Crippen molar-refractivity contribution >= 4 is 34.0 Å². The summed E-state index contributed by atoms with van der Waals surface area (Å²) in [6, 6.07) is 16.6. The molecule has 2 amide bonds. The summed E-state index contributed by atoms with van der Waals surface area (Å²) >= 11 is 3.33. The van der Waals surface area contributed by atoms with E-state index in [2.05, 4.69) is 31.6 Å². The minimum Gasteiger partial charge on any atom is -0.484 e. The molecule has 0 saturated heterocycles. The van der Waals surface area contributed by atoms with Crippen molar-refractivity contribution in [2.45, 2.75) is 6.54 Å². The van der Waals surface area contributed by atoms with Gasteiger partial charge in [-0.2, -0.15) is 10.2 Å². The van der Waals surface area contributed by atoms with E-state index in [1.54, 1.807) is 18.3 Å². The van der Waals surface area contributed by atoms with E-state index in [4.69, 9.17) is 10.5 Å². The highest BCUT2D eigenvalue weighted by atomic mass is 79.9. The van der Waals surface area contributed by atoms with E-state index in [1.165, 1.54) is 10.9 Å². The quantitative estimate of drug-likeness (QED) is 0.400. The zero-order valence-electron chi connectivity index (χ0n) is 15.3. The second kappa shape index (κ2) is 9.65. The molecule has 3 aromatic rings. The number of primary amides is 1. The molecule has 0 atom stereocenters. The van der Waals surface area contributed by atoms with Crippen molar-refractivity contribution in [1.82, 2.24) is 15.2 Å². The fraction of sp³-hybridized carbons (Fsp3) is 0.100. The van der Waals surface area contributed by atoms with Crippen LogP contribution in [0.15, 0.2) is 70.4 Å². The molecule has 0 aliphatic rings. The third kappa shape index (κ3) is 6.01. The number of ether oxygens (including phenoxy) is 1. The molecule has 148 valence electrons. The number of hydrogen-bond acceptors (Lipinski definition) is 5. The molecule has 2 aromatic carbocycles. The summed E-state index contributed by atoms with van der Waals surface area (Å²) in [6.45, 7) is -0.230. The minimum absolute atomic E-state index is 0.0545. The lowest BCUT2D eigenvalue weighted by molar-refractivity contribution is -0.123. The van der Waals surface area contributed by atoms with Gasteiger partial charge in [-0.3, -0.25) is 14.3 Å². The van der Waals surface area contributed by atoms with Crippen LogP contribution in [-0.2, 0) is 16.1 Å². The Morgan fingerprint density at radius 1 is 1.17 bits per heavy atom. The topological polar surface area (TPSA) is 112 Å². The Labute approximate surface area is 175 Å². The number of nitrogens with two attached hydrogens (primary N) is 1. The van der Waals surface area contributed by atoms with E-state index in [0.717, 1.165) is 10.0 Å². The largest absolute Gasteiger partial charge is 0.484 e. The molecule has 0 spiro atoms. The summed E-state index contributed by atoms with van der Waals surface area (Å²) < 4.78 is 7.75. The minimum atomic E-state index is -0.506. The highest BCUT2D eigenvalue weighted by molar-refractivity contribution is 9.10. The third-order valence-electron chi connectivity index (χ3n) is 3.73. The first kappa shape index (κ1) is 20.3. The molecule has 1 heterocycles. The molecule has 8 nitrogen and oxygen atoms in total. The summed E-state index contributed by atoms with van der Waals surface area (Å²) in [5.41, 5.74) is 9.76. The maximum atomic E-state index is 11.9. The van der Waals surface area contributed by atoms with E-state index in [-0.39, 0.29) is 13.2 Å². The maximum absolute atomic E-state index is 11.9. The van der Waals surface area contributed by atoms with E-state index >= 15 is 0 Å². The number of hydrogen-bond donors (Lipinski definition) is 2. The average molecular weight is 456 g/mol. The highest BCUT2D eigenvalue weighted by Crippen LogP contribution is 2.20. The number of nitrogens with one attached hydrogen (secondary N) is 1. The standard InChI is InChI=1S/C20H18BrN5O3/c21-16-6-8-17(9-7-16)29-13-19(28)24-23-10-15-11-26(12-18(22)27)25-20(15)14-4-2-1-3-5-14/h1-11H,12-13H2,(H2,22,27)(H,24,28). The van der Waals surface area contributed by atoms with Gasteiger partial charge in [-0.15, -0.1) is 0 Å². The van der Waals surface area contributed by atoms with Crippen molar-refractivity contribution in [3.63, 3.8) is 0 Å². The van der Waals surface area contributed by atoms with Crippen molar-refractivity contribution in [1.29, 1.82) is 0 Å². The van der Waals surface area contributed by atoms with E-state index in [9.17, 15) is 9.59 Å². The summed E-state index contributed by atoms with van der Waals surface area (Å²) in [5, 5.41) is 8.35. The SMILES string of the molecule is NC(=O)Cn1cc(C=NNC(=O)COc2ccc(Br)cc2)c(-c2ccccc2)n1. The van der Waals surface area contributed by atoms with Crippen LogP contribution in [0.4, 0.5) is 0 Å². The van der Waals surface area contributed by atoms with Crippen molar-refractivity contribution < 1.29 is 14.3 Å². The summed E-state index contributed by atoms with van der Waals surface area (Å²) in [4.78, 5) is 23.1. The lowest BCUT2D eigenvalue weighted by atomic mass is 10.1. The predicted molar refractivity (Wildman–Crippen MR) is 112 cm³/mol. The van der Waals surface area contributed by atoms with Crippen molar-refractivity contribution in [2.24, 2.45) is 10.8 Å². The summed E-state index contributed by atoms with van der Waals surface area (Å²) in [6.07, 6.45) is 3.10. The summed E-state index contributed by atoms with van der Waals surface area (Å²) in [7, 11) is 0. The van der Waals surface area contributed by atoms with Crippen LogP contribution in [0.1, 0.15) is 5.56 Å². The second-order valence-electron chi connectivity index (χ2n) is 6.00. The molecule has 9 heteroatoms. The van der Waals surface area contributed by atoms with Crippen LogP contribution >= 0.6 is 15.9 Å². The molecular weight excluding hydrogens is 438 g/mol. The Bertz CT molecular complexity index is 1020. The molecule has 0 aliphatic heterocycles. The number of halogens is 1. The highest BCUT2D eigenvalue weighted by Gasteiger charge is 2.11. The zero-order chi connectivity index (χ0) is 20.6. The molecule has 3 N–H and O–H groups in total. The van der Waals surface area contributed by atoms with Gasteiger partial charge in [-0.25, -0.2) is 5.43 Å². The van der Waals surface area contributed by atoms with Crippen LogP contribution in [0, 0.1) is 0 Å². The van der Waals surface area contributed by atoms with Gasteiger partial charge in [0.05, 0.1) is 6.21 Å².